The number of hydrogen-bond donors (Lipinski definition) is 1. The van der Waals surface area contributed by atoms with Crippen molar-refractivity contribution in [2.75, 3.05) is 5.73 Å². The van der Waals surface area contributed by atoms with Gasteiger partial charge in [0.25, 0.3) is 0 Å². The van der Waals surface area contributed by atoms with Crippen LogP contribution in [-0.4, -0.2) is 19.6 Å². The summed E-state index contributed by atoms with van der Waals surface area (Å²) in [5, 5.41) is 8.53. The summed E-state index contributed by atoms with van der Waals surface area (Å²) >= 11 is 0. The molecule has 0 aliphatic heterocycles. The van der Waals surface area contributed by atoms with Crippen LogP contribution in [0.5, 0.6) is 0 Å². The van der Waals surface area contributed by atoms with Crippen molar-refractivity contribution in [2.45, 2.75) is 13.1 Å². The zero-order valence-corrected chi connectivity index (χ0v) is 10.5. The predicted molar refractivity (Wildman–Crippen MR) is 74.3 cm³/mol. The lowest BCUT2D eigenvalue weighted by Gasteiger charge is -2.01. The van der Waals surface area contributed by atoms with Crippen LogP contribution in [0.4, 0.5) is 5.69 Å². The molecule has 2 N–H and O–H groups in total. The van der Waals surface area contributed by atoms with Gasteiger partial charge in [-0.05, 0) is 23.8 Å². The number of nitrogen functional groups attached to an aromatic ring is 1. The third-order valence-corrected chi connectivity index (χ3v) is 2.99. The van der Waals surface area contributed by atoms with E-state index in [0.717, 1.165) is 29.9 Å². The molecule has 3 rings (SSSR count). The SMILES string of the molecule is Nc1ccc(-c2cnn(CCn3cccn3)c2)cc1. The van der Waals surface area contributed by atoms with Crippen molar-refractivity contribution in [1.29, 1.82) is 0 Å². The van der Waals surface area contributed by atoms with Crippen molar-refractivity contribution in [3.05, 3.63) is 55.1 Å². The highest BCUT2D eigenvalue weighted by atomic mass is 15.3. The molecule has 19 heavy (non-hydrogen) atoms. The van der Waals surface area contributed by atoms with Gasteiger partial charge >= 0.3 is 0 Å². The van der Waals surface area contributed by atoms with Crippen LogP contribution in [0.3, 0.4) is 0 Å². The molecule has 0 spiro atoms. The molecule has 2 heterocycles. The van der Waals surface area contributed by atoms with Gasteiger partial charge in [-0.25, -0.2) is 0 Å². The van der Waals surface area contributed by atoms with Crippen molar-refractivity contribution in [3.8, 4) is 11.1 Å². The molecule has 0 saturated heterocycles. The van der Waals surface area contributed by atoms with Gasteiger partial charge in [-0.3, -0.25) is 9.36 Å². The van der Waals surface area contributed by atoms with Gasteiger partial charge in [0, 0.05) is 29.8 Å². The number of aryl methyl sites for hydroxylation is 2. The summed E-state index contributed by atoms with van der Waals surface area (Å²) in [4.78, 5) is 0. The molecular weight excluding hydrogens is 238 g/mol. The Morgan fingerprint density at radius 3 is 2.47 bits per heavy atom. The zero-order valence-electron chi connectivity index (χ0n) is 10.5. The minimum atomic E-state index is 0.773. The molecule has 0 fully saturated rings. The van der Waals surface area contributed by atoms with Crippen molar-refractivity contribution in [2.24, 2.45) is 0 Å². The first-order valence-corrected chi connectivity index (χ1v) is 6.17. The van der Waals surface area contributed by atoms with Gasteiger partial charge in [0.15, 0.2) is 0 Å². The minimum Gasteiger partial charge on any atom is -0.399 e. The maximum absolute atomic E-state index is 5.68. The lowest BCUT2D eigenvalue weighted by molar-refractivity contribution is 0.500. The largest absolute Gasteiger partial charge is 0.399 e. The van der Waals surface area contributed by atoms with Crippen molar-refractivity contribution in [3.63, 3.8) is 0 Å². The molecule has 0 aliphatic carbocycles. The second-order valence-electron chi connectivity index (χ2n) is 4.38. The Labute approximate surface area is 111 Å². The molecule has 0 bridgehead atoms. The van der Waals surface area contributed by atoms with E-state index in [0.29, 0.717) is 0 Å². The maximum atomic E-state index is 5.68. The number of anilines is 1. The highest BCUT2D eigenvalue weighted by molar-refractivity contribution is 5.63. The molecule has 1 aromatic carbocycles. The van der Waals surface area contributed by atoms with E-state index in [1.165, 1.54) is 0 Å². The van der Waals surface area contributed by atoms with E-state index in [-0.39, 0.29) is 0 Å². The second-order valence-corrected chi connectivity index (χ2v) is 4.38. The summed E-state index contributed by atoms with van der Waals surface area (Å²) in [6, 6.07) is 9.73. The molecule has 0 atom stereocenters. The van der Waals surface area contributed by atoms with E-state index >= 15 is 0 Å². The van der Waals surface area contributed by atoms with Gasteiger partial charge in [-0.15, -0.1) is 0 Å². The molecule has 96 valence electrons. The van der Waals surface area contributed by atoms with Crippen LogP contribution >= 0.6 is 0 Å². The first-order valence-electron chi connectivity index (χ1n) is 6.17. The average Bonchev–Trinajstić information content (AvgIpc) is 3.09. The van der Waals surface area contributed by atoms with E-state index in [2.05, 4.69) is 10.2 Å². The fraction of sp³-hybridized carbons (Fsp3) is 0.143. The first kappa shape index (κ1) is 11.5. The molecule has 0 radical (unpaired) electrons. The van der Waals surface area contributed by atoms with Crippen LogP contribution in [0, 0.1) is 0 Å². The quantitative estimate of drug-likeness (QED) is 0.724. The number of benzene rings is 1. The van der Waals surface area contributed by atoms with Crippen LogP contribution in [0.2, 0.25) is 0 Å². The van der Waals surface area contributed by atoms with Gasteiger partial charge < -0.3 is 5.73 Å². The molecule has 0 unspecified atom stereocenters. The molecule has 0 amide bonds. The van der Waals surface area contributed by atoms with Gasteiger partial charge in [0.1, 0.15) is 0 Å². The second kappa shape index (κ2) is 4.97. The standard InChI is InChI=1S/C14H15N5/c15-14-4-2-12(3-5-14)13-10-17-19(11-13)9-8-18-7-1-6-16-18/h1-7,10-11H,8-9,15H2. The molecule has 5 nitrogen and oxygen atoms in total. The highest BCUT2D eigenvalue weighted by Crippen LogP contribution is 2.19. The van der Waals surface area contributed by atoms with Crippen LogP contribution in [-0.2, 0) is 13.1 Å². The van der Waals surface area contributed by atoms with E-state index in [1.54, 1.807) is 6.20 Å². The van der Waals surface area contributed by atoms with Crippen LogP contribution in [0.15, 0.2) is 55.1 Å². The van der Waals surface area contributed by atoms with Gasteiger partial charge in [0.05, 0.1) is 19.3 Å². The lowest BCUT2D eigenvalue weighted by atomic mass is 10.1. The van der Waals surface area contributed by atoms with Gasteiger partial charge in [-0.2, -0.15) is 10.2 Å². The molecule has 3 aromatic rings. The Hall–Kier alpha value is -2.56. The third kappa shape index (κ3) is 2.65. The van der Waals surface area contributed by atoms with E-state index in [1.807, 2.05) is 58.3 Å². The Bertz CT molecular complexity index is 637. The monoisotopic (exact) mass is 253 g/mol. The summed E-state index contributed by atoms with van der Waals surface area (Å²) < 4.78 is 3.82. The Morgan fingerprint density at radius 2 is 1.74 bits per heavy atom. The molecular formula is C14H15N5. The number of rotatable bonds is 4. The predicted octanol–water partition coefficient (Wildman–Crippen LogP) is 2.03. The average molecular weight is 253 g/mol. The Morgan fingerprint density at radius 1 is 0.947 bits per heavy atom. The fourth-order valence-corrected chi connectivity index (χ4v) is 1.95. The lowest BCUT2D eigenvalue weighted by Crippen LogP contribution is -2.07. The molecule has 0 saturated carbocycles. The highest BCUT2D eigenvalue weighted by Gasteiger charge is 2.02. The third-order valence-electron chi connectivity index (χ3n) is 2.99. The van der Waals surface area contributed by atoms with Gasteiger partial charge in [-0.1, -0.05) is 12.1 Å². The minimum absolute atomic E-state index is 0.773. The summed E-state index contributed by atoms with van der Waals surface area (Å²) in [5.74, 6) is 0. The van der Waals surface area contributed by atoms with Crippen LogP contribution in [0.1, 0.15) is 0 Å². The Kier molecular flexibility index (Phi) is 3.02. The molecule has 5 heteroatoms. The van der Waals surface area contributed by atoms with Crippen LogP contribution in [0.25, 0.3) is 11.1 Å². The maximum Gasteiger partial charge on any atom is 0.0605 e. The normalized spacial score (nSPS) is 10.7. The first-order chi connectivity index (χ1) is 9.31. The smallest absolute Gasteiger partial charge is 0.0605 e. The number of hydrogen-bond acceptors (Lipinski definition) is 3. The zero-order chi connectivity index (χ0) is 13.1. The number of aromatic nitrogens is 4. The summed E-state index contributed by atoms with van der Waals surface area (Å²) in [5.41, 5.74) is 8.68. The number of nitrogens with zero attached hydrogens (tertiary/aromatic N) is 4. The fourth-order valence-electron chi connectivity index (χ4n) is 1.95. The van der Waals surface area contributed by atoms with Crippen molar-refractivity contribution >= 4 is 5.69 Å². The van der Waals surface area contributed by atoms with E-state index in [9.17, 15) is 0 Å². The summed E-state index contributed by atoms with van der Waals surface area (Å²) in [6.45, 7) is 1.62. The summed E-state index contributed by atoms with van der Waals surface area (Å²) in [6.07, 6.45) is 7.64. The Balaban J connectivity index is 1.70. The molecule has 0 aliphatic rings. The molecule has 2 aromatic heterocycles. The van der Waals surface area contributed by atoms with E-state index < -0.39 is 0 Å². The van der Waals surface area contributed by atoms with Crippen LogP contribution < -0.4 is 5.73 Å². The summed E-state index contributed by atoms with van der Waals surface area (Å²) in [7, 11) is 0. The van der Waals surface area contributed by atoms with Gasteiger partial charge in [0.2, 0.25) is 0 Å². The topological polar surface area (TPSA) is 61.7 Å². The van der Waals surface area contributed by atoms with Crippen molar-refractivity contribution in [1.82, 2.24) is 19.6 Å². The number of nitrogens with two attached hydrogens (primary N) is 1. The van der Waals surface area contributed by atoms with Crippen molar-refractivity contribution < 1.29 is 0 Å². The van der Waals surface area contributed by atoms with E-state index in [4.69, 9.17) is 5.73 Å².